The summed E-state index contributed by atoms with van der Waals surface area (Å²) in [6, 6.07) is 14.8. The van der Waals surface area contributed by atoms with Crippen molar-refractivity contribution in [2.24, 2.45) is 0 Å². The number of nitrogens with zero attached hydrogens (tertiary/aromatic N) is 3. The summed E-state index contributed by atoms with van der Waals surface area (Å²) < 4.78 is 0. The molecular weight excluding hydrogens is 438 g/mol. The zero-order valence-electron chi connectivity index (χ0n) is 19.1. The van der Waals surface area contributed by atoms with Crippen molar-refractivity contribution in [2.75, 3.05) is 25.0 Å². The molecule has 0 atom stereocenters. The van der Waals surface area contributed by atoms with Crippen LogP contribution in [0.15, 0.2) is 48.5 Å². The normalized spacial score (nSPS) is 14.6. The number of carbonyl (C=O) groups excluding carboxylic acids is 2. The summed E-state index contributed by atoms with van der Waals surface area (Å²) in [5.74, 6) is 1.42. The Bertz CT molecular complexity index is 1090. The van der Waals surface area contributed by atoms with E-state index in [0.717, 1.165) is 29.7 Å². The molecule has 0 radical (unpaired) electrons. The van der Waals surface area contributed by atoms with E-state index in [2.05, 4.69) is 10.3 Å². The molecule has 0 aliphatic carbocycles. The summed E-state index contributed by atoms with van der Waals surface area (Å²) in [5.41, 5.74) is 2.67. The van der Waals surface area contributed by atoms with Crippen LogP contribution in [0.4, 0.5) is 10.5 Å². The van der Waals surface area contributed by atoms with E-state index in [9.17, 15) is 9.59 Å². The fourth-order valence-corrected chi connectivity index (χ4v) is 4.49. The highest BCUT2D eigenvalue weighted by Gasteiger charge is 2.27. The van der Waals surface area contributed by atoms with E-state index < -0.39 is 0 Å². The molecule has 0 bridgehead atoms. The van der Waals surface area contributed by atoms with Crippen LogP contribution in [0, 0.1) is 0 Å². The number of imidazole rings is 1. The van der Waals surface area contributed by atoms with Gasteiger partial charge in [-0.1, -0.05) is 29.8 Å². The molecule has 8 heteroatoms. The maximum atomic E-state index is 12.9. The van der Waals surface area contributed by atoms with Crippen LogP contribution in [-0.4, -0.2) is 57.4 Å². The molecule has 1 saturated heterocycles. The molecule has 33 heavy (non-hydrogen) atoms. The van der Waals surface area contributed by atoms with E-state index in [1.165, 1.54) is 0 Å². The van der Waals surface area contributed by atoms with Crippen LogP contribution in [-0.2, 0) is 4.79 Å². The number of para-hydroxylation sites is 2. The first-order valence-corrected chi connectivity index (χ1v) is 11.8. The van der Waals surface area contributed by atoms with Gasteiger partial charge in [0.15, 0.2) is 0 Å². The molecule has 3 aromatic rings. The summed E-state index contributed by atoms with van der Waals surface area (Å²) in [6.45, 7) is 5.67. The molecule has 0 saturated carbocycles. The summed E-state index contributed by atoms with van der Waals surface area (Å²) in [6.07, 6.45) is 2.07. The Balaban J connectivity index is 1.29. The van der Waals surface area contributed by atoms with Crippen LogP contribution in [0.3, 0.4) is 0 Å². The van der Waals surface area contributed by atoms with Crippen LogP contribution < -0.4 is 5.32 Å². The Morgan fingerprint density at radius 3 is 2.64 bits per heavy atom. The molecule has 1 fully saturated rings. The molecule has 7 nitrogen and oxygen atoms in total. The zero-order chi connectivity index (χ0) is 23.4. The molecule has 2 heterocycles. The average molecular weight is 468 g/mol. The number of hydrogen-bond acceptors (Lipinski definition) is 3. The fourth-order valence-electron chi connectivity index (χ4n) is 4.30. The van der Waals surface area contributed by atoms with Gasteiger partial charge in [-0.15, -0.1) is 0 Å². The molecule has 3 amide bonds. The average Bonchev–Trinajstić information content (AvgIpc) is 3.23. The van der Waals surface area contributed by atoms with Crippen LogP contribution >= 0.6 is 11.6 Å². The highest BCUT2D eigenvalue weighted by Crippen LogP contribution is 2.28. The van der Waals surface area contributed by atoms with E-state index in [4.69, 9.17) is 16.6 Å². The number of halogens is 1. The molecule has 4 rings (SSSR count). The van der Waals surface area contributed by atoms with Gasteiger partial charge in [-0.05, 0) is 57.0 Å². The van der Waals surface area contributed by atoms with Gasteiger partial charge in [0.25, 0.3) is 0 Å². The predicted octanol–water partition coefficient (Wildman–Crippen LogP) is 5.25. The lowest BCUT2D eigenvalue weighted by molar-refractivity contribution is -0.132. The third-order valence-electron chi connectivity index (χ3n) is 6.17. The topological polar surface area (TPSA) is 81.3 Å². The van der Waals surface area contributed by atoms with Gasteiger partial charge < -0.3 is 20.1 Å². The molecule has 174 valence electrons. The molecule has 1 aliphatic heterocycles. The number of piperidine rings is 1. The second-order valence-electron chi connectivity index (χ2n) is 8.77. The molecule has 2 N–H and O–H groups in total. The smallest absolute Gasteiger partial charge is 0.322 e. The number of carbonyl (C=O) groups is 2. The predicted molar refractivity (Wildman–Crippen MR) is 132 cm³/mol. The van der Waals surface area contributed by atoms with E-state index in [1.54, 1.807) is 29.2 Å². The van der Waals surface area contributed by atoms with Crippen LogP contribution in [0.25, 0.3) is 11.0 Å². The van der Waals surface area contributed by atoms with Crippen molar-refractivity contribution >= 4 is 40.3 Å². The van der Waals surface area contributed by atoms with Gasteiger partial charge in [0.2, 0.25) is 5.91 Å². The minimum absolute atomic E-state index is 0.0317. The number of H-pyrrole nitrogens is 1. The number of amides is 3. The maximum Gasteiger partial charge on any atom is 0.322 e. The lowest BCUT2D eigenvalue weighted by atomic mass is 9.96. The minimum atomic E-state index is -0.233. The lowest BCUT2D eigenvalue weighted by Gasteiger charge is -2.32. The van der Waals surface area contributed by atoms with Gasteiger partial charge in [-0.3, -0.25) is 4.79 Å². The van der Waals surface area contributed by atoms with Crippen molar-refractivity contribution < 1.29 is 9.59 Å². The Kier molecular flexibility index (Phi) is 7.18. The van der Waals surface area contributed by atoms with E-state index >= 15 is 0 Å². The summed E-state index contributed by atoms with van der Waals surface area (Å²) in [4.78, 5) is 37.4. The second-order valence-corrected chi connectivity index (χ2v) is 9.21. The number of aromatic amines is 1. The number of aromatic nitrogens is 2. The Morgan fingerprint density at radius 1 is 1.18 bits per heavy atom. The van der Waals surface area contributed by atoms with Crippen molar-refractivity contribution in [3.05, 3.63) is 59.4 Å². The van der Waals surface area contributed by atoms with Gasteiger partial charge in [0.1, 0.15) is 5.82 Å². The Morgan fingerprint density at radius 2 is 1.94 bits per heavy atom. The van der Waals surface area contributed by atoms with E-state index in [1.807, 2.05) is 43.0 Å². The second kappa shape index (κ2) is 10.3. The van der Waals surface area contributed by atoms with E-state index in [0.29, 0.717) is 42.7 Å². The third-order valence-corrected chi connectivity index (χ3v) is 6.40. The summed E-state index contributed by atoms with van der Waals surface area (Å²) in [5, 5.41) is 3.43. The number of likely N-dealkylation sites (tertiary alicyclic amines) is 1. The van der Waals surface area contributed by atoms with Crippen molar-refractivity contribution in [3.8, 4) is 0 Å². The van der Waals surface area contributed by atoms with Crippen LogP contribution in [0.1, 0.15) is 44.9 Å². The molecule has 0 unspecified atom stereocenters. The highest BCUT2D eigenvalue weighted by molar-refractivity contribution is 6.30. The minimum Gasteiger partial charge on any atom is -0.343 e. The van der Waals surface area contributed by atoms with Gasteiger partial charge in [0, 0.05) is 48.7 Å². The number of anilines is 1. The zero-order valence-corrected chi connectivity index (χ0v) is 19.8. The number of nitrogens with one attached hydrogen (secondary N) is 2. The van der Waals surface area contributed by atoms with Gasteiger partial charge in [-0.2, -0.15) is 0 Å². The number of benzene rings is 2. The number of rotatable bonds is 6. The first-order valence-electron chi connectivity index (χ1n) is 11.5. The van der Waals surface area contributed by atoms with Gasteiger partial charge >= 0.3 is 6.03 Å². The number of urea groups is 1. The summed E-state index contributed by atoms with van der Waals surface area (Å²) in [7, 11) is 0. The molecule has 1 aliphatic rings. The van der Waals surface area contributed by atoms with Crippen molar-refractivity contribution in [1.29, 1.82) is 0 Å². The largest absolute Gasteiger partial charge is 0.343 e. The molecule has 0 spiro atoms. The van der Waals surface area contributed by atoms with E-state index in [-0.39, 0.29) is 18.0 Å². The quantitative estimate of drug-likeness (QED) is 0.519. The lowest BCUT2D eigenvalue weighted by Crippen LogP contribution is -2.44. The van der Waals surface area contributed by atoms with Crippen molar-refractivity contribution in [3.63, 3.8) is 0 Å². The van der Waals surface area contributed by atoms with Crippen LogP contribution in [0.5, 0.6) is 0 Å². The number of fused-ring (bicyclic) bond motifs is 1. The first-order chi connectivity index (χ1) is 15.9. The fraction of sp³-hybridized carbons (Fsp3) is 0.400. The highest BCUT2D eigenvalue weighted by atomic mass is 35.5. The monoisotopic (exact) mass is 467 g/mol. The molecular formula is C25H30ClN5O2. The third kappa shape index (κ3) is 5.66. The van der Waals surface area contributed by atoms with Gasteiger partial charge in [-0.25, -0.2) is 9.78 Å². The Labute approximate surface area is 199 Å². The maximum absolute atomic E-state index is 12.9. The van der Waals surface area contributed by atoms with Crippen molar-refractivity contribution in [1.82, 2.24) is 19.8 Å². The molecule has 2 aromatic carbocycles. The van der Waals surface area contributed by atoms with Gasteiger partial charge in [0.05, 0.1) is 11.0 Å². The SMILES string of the molecule is CC(C)N(CCC(=O)N1CCC(c2nc3ccccc3[nH]2)CC1)C(=O)Nc1cccc(Cl)c1. The first kappa shape index (κ1) is 23.1. The molecule has 1 aromatic heterocycles. The number of hydrogen-bond donors (Lipinski definition) is 2. The Hall–Kier alpha value is -3.06. The van der Waals surface area contributed by atoms with Crippen LogP contribution in [0.2, 0.25) is 5.02 Å². The van der Waals surface area contributed by atoms with Crippen molar-refractivity contribution in [2.45, 2.75) is 45.1 Å². The summed E-state index contributed by atoms with van der Waals surface area (Å²) >= 11 is 6.01. The standard InChI is InChI=1S/C25H30ClN5O2/c1-17(2)31(25(33)27-20-7-5-6-19(26)16-20)15-12-23(32)30-13-10-18(11-14-30)24-28-21-8-3-4-9-22(21)29-24/h3-9,16-18H,10-15H2,1-2H3,(H,27,33)(H,28,29).